The minimum Gasteiger partial charge on any atom is -0.466 e. The zero-order chi connectivity index (χ0) is 18.5. The first-order valence-electron chi connectivity index (χ1n) is 9.95. The maximum atomic E-state index is 12.9. The van der Waals surface area contributed by atoms with E-state index < -0.39 is 0 Å². The van der Waals surface area contributed by atoms with E-state index >= 15 is 0 Å². The van der Waals surface area contributed by atoms with Crippen LogP contribution in [0.3, 0.4) is 0 Å². The van der Waals surface area contributed by atoms with E-state index in [9.17, 15) is 9.59 Å². The van der Waals surface area contributed by atoms with Gasteiger partial charge in [0, 0.05) is 12.5 Å². The van der Waals surface area contributed by atoms with Crippen LogP contribution in [0.15, 0.2) is 16.5 Å². The Labute approximate surface area is 155 Å². The maximum absolute atomic E-state index is 12.9. The van der Waals surface area contributed by atoms with Gasteiger partial charge in [0.05, 0.1) is 18.0 Å². The second kappa shape index (κ2) is 6.14. The molecule has 1 unspecified atom stereocenters. The van der Waals surface area contributed by atoms with Crippen molar-refractivity contribution in [2.24, 2.45) is 11.3 Å². The summed E-state index contributed by atoms with van der Waals surface area (Å²) >= 11 is 0. The molecule has 1 aromatic heterocycles. The fraction of sp³-hybridized carbons (Fsp3) is 0.714. The number of amides is 2. The molecule has 2 heterocycles. The summed E-state index contributed by atoms with van der Waals surface area (Å²) in [4.78, 5) is 27.6. The lowest BCUT2D eigenvalue weighted by Gasteiger charge is -2.50. The van der Waals surface area contributed by atoms with Crippen LogP contribution in [-0.2, 0) is 16.0 Å². The summed E-state index contributed by atoms with van der Waals surface area (Å²) in [5.41, 5.74) is 0.142. The van der Waals surface area contributed by atoms with Gasteiger partial charge in [0.1, 0.15) is 11.5 Å². The predicted molar refractivity (Wildman–Crippen MR) is 98.5 cm³/mol. The van der Waals surface area contributed by atoms with Crippen LogP contribution < -0.4 is 5.32 Å². The van der Waals surface area contributed by atoms with E-state index in [1.54, 1.807) is 0 Å². The van der Waals surface area contributed by atoms with Gasteiger partial charge in [0.15, 0.2) is 0 Å². The van der Waals surface area contributed by atoms with E-state index in [1.807, 2.05) is 24.0 Å². The minimum atomic E-state index is -0.159. The van der Waals surface area contributed by atoms with Crippen molar-refractivity contribution in [1.29, 1.82) is 0 Å². The average Bonchev–Trinajstić information content (AvgIpc) is 3.07. The number of hydrogen-bond donors (Lipinski definition) is 1. The highest BCUT2D eigenvalue weighted by molar-refractivity contribution is 5.82. The lowest BCUT2D eigenvalue weighted by Crippen LogP contribution is -2.63. The molecule has 1 N–H and O–H groups in total. The van der Waals surface area contributed by atoms with E-state index in [1.165, 1.54) is 0 Å². The summed E-state index contributed by atoms with van der Waals surface area (Å²) in [7, 11) is 0. The van der Waals surface area contributed by atoms with Crippen molar-refractivity contribution in [3.8, 4) is 0 Å². The molecule has 3 fully saturated rings. The van der Waals surface area contributed by atoms with E-state index in [4.69, 9.17) is 4.42 Å². The summed E-state index contributed by atoms with van der Waals surface area (Å²) < 4.78 is 5.58. The van der Waals surface area contributed by atoms with Crippen LogP contribution >= 0.6 is 0 Å². The minimum absolute atomic E-state index is 0.106. The molecule has 142 valence electrons. The molecule has 26 heavy (non-hydrogen) atoms. The number of carbonyl (C=O) groups is 2. The van der Waals surface area contributed by atoms with Crippen molar-refractivity contribution in [2.45, 2.75) is 77.3 Å². The molecule has 2 amide bonds. The molecular formula is C21H30N2O3. The topological polar surface area (TPSA) is 62.6 Å². The van der Waals surface area contributed by atoms with Gasteiger partial charge in [-0.1, -0.05) is 13.8 Å². The monoisotopic (exact) mass is 358 g/mol. The van der Waals surface area contributed by atoms with Crippen molar-refractivity contribution in [3.63, 3.8) is 0 Å². The van der Waals surface area contributed by atoms with Crippen molar-refractivity contribution >= 4 is 11.8 Å². The number of nitrogens with one attached hydrogen (secondary N) is 1. The normalized spacial score (nSPS) is 26.4. The summed E-state index contributed by atoms with van der Waals surface area (Å²) in [6, 6.07) is 3.89. The molecule has 0 bridgehead atoms. The first-order chi connectivity index (χ1) is 12.3. The number of aryl methyl sites for hydroxylation is 1. The predicted octanol–water partition coefficient (Wildman–Crippen LogP) is 3.21. The van der Waals surface area contributed by atoms with Crippen LogP contribution in [0.2, 0.25) is 0 Å². The highest BCUT2D eigenvalue weighted by Gasteiger charge is 2.55. The Morgan fingerprint density at radius 3 is 2.54 bits per heavy atom. The van der Waals surface area contributed by atoms with Gasteiger partial charge in [-0.3, -0.25) is 9.59 Å². The van der Waals surface area contributed by atoms with E-state index in [2.05, 4.69) is 19.2 Å². The van der Waals surface area contributed by atoms with Gasteiger partial charge in [-0.2, -0.15) is 0 Å². The second-order valence-electron chi connectivity index (χ2n) is 9.31. The van der Waals surface area contributed by atoms with Gasteiger partial charge in [0.2, 0.25) is 11.8 Å². The van der Waals surface area contributed by atoms with Crippen molar-refractivity contribution < 1.29 is 14.0 Å². The summed E-state index contributed by atoms with van der Waals surface area (Å²) in [5, 5.41) is 3.31. The lowest BCUT2D eigenvalue weighted by molar-refractivity contribution is -0.141. The number of furan rings is 1. The van der Waals surface area contributed by atoms with Crippen LogP contribution in [0.5, 0.6) is 0 Å². The van der Waals surface area contributed by atoms with Gasteiger partial charge < -0.3 is 14.6 Å². The number of hydrogen-bond acceptors (Lipinski definition) is 3. The van der Waals surface area contributed by atoms with Gasteiger partial charge >= 0.3 is 0 Å². The Hall–Kier alpha value is -1.78. The van der Waals surface area contributed by atoms with Crippen LogP contribution in [-0.4, -0.2) is 34.8 Å². The highest BCUT2D eigenvalue weighted by atomic mass is 16.3. The van der Waals surface area contributed by atoms with E-state index in [0.717, 1.165) is 56.6 Å². The summed E-state index contributed by atoms with van der Waals surface area (Å²) in [6.45, 7) is 7.07. The molecule has 1 atom stereocenters. The Balaban J connectivity index is 1.41. The molecule has 1 aliphatic heterocycles. The highest BCUT2D eigenvalue weighted by Crippen LogP contribution is 2.48. The third kappa shape index (κ3) is 2.95. The number of carbonyl (C=O) groups excluding carboxylic acids is 2. The second-order valence-corrected chi connectivity index (χ2v) is 9.31. The molecule has 5 nitrogen and oxygen atoms in total. The van der Waals surface area contributed by atoms with Crippen molar-refractivity contribution in [2.75, 3.05) is 6.54 Å². The van der Waals surface area contributed by atoms with E-state index in [0.29, 0.717) is 11.8 Å². The molecule has 1 aromatic rings. The third-order valence-corrected chi connectivity index (χ3v) is 6.75. The number of likely N-dealkylation sites (tertiary alicyclic amines) is 1. The average molecular weight is 358 g/mol. The van der Waals surface area contributed by atoms with Crippen LogP contribution in [0, 0.1) is 18.3 Å². The van der Waals surface area contributed by atoms with Crippen LogP contribution in [0.1, 0.15) is 63.9 Å². The summed E-state index contributed by atoms with van der Waals surface area (Å²) in [6.07, 6.45) is 6.25. The SMILES string of the molecule is Cc1ccc(CC(=O)N2CCC(NC(=O)C3CC(C)(C)C3)C23CCC3)o1. The molecule has 5 heteroatoms. The van der Waals surface area contributed by atoms with E-state index in [-0.39, 0.29) is 29.3 Å². The fourth-order valence-electron chi connectivity index (χ4n) is 5.25. The molecule has 4 rings (SSSR count). The molecule has 1 spiro atoms. The molecule has 1 saturated heterocycles. The number of rotatable bonds is 4. The maximum Gasteiger partial charge on any atom is 0.230 e. The Morgan fingerprint density at radius 2 is 2.00 bits per heavy atom. The zero-order valence-corrected chi connectivity index (χ0v) is 16.1. The summed E-state index contributed by atoms with van der Waals surface area (Å²) in [5.74, 6) is 2.03. The van der Waals surface area contributed by atoms with Crippen molar-refractivity contribution in [3.05, 3.63) is 23.7 Å². The largest absolute Gasteiger partial charge is 0.466 e. The Kier molecular flexibility index (Phi) is 4.16. The number of nitrogens with zero attached hydrogens (tertiary/aromatic N) is 1. The molecule has 0 aromatic carbocycles. The van der Waals surface area contributed by atoms with Gasteiger partial charge in [0.25, 0.3) is 0 Å². The van der Waals surface area contributed by atoms with Gasteiger partial charge in [-0.25, -0.2) is 0 Å². The molecule has 0 radical (unpaired) electrons. The molecule has 2 aliphatic carbocycles. The first kappa shape index (κ1) is 17.6. The van der Waals surface area contributed by atoms with Crippen molar-refractivity contribution in [1.82, 2.24) is 10.2 Å². The van der Waals surface area contributed by atoms with Crippen LogP contribution in [0.25, 0.3) is 0 Å². The molecular weight excluding hydrogens is 328 g/mol. The quantitative estimate of drug-likeness (QED) is 0.899. The van der Waals surface area contributed by atoms with Gasteiger partial charge in [-0.05, 0) is 63.0 Å². The smallest absolute Gasteiger partial charge is 0.230 e. The lowest BCUT2D eigenvalue weighted by atomic mass is 9.64. The Morgan fingerprint density at radius 1 is 1.27 bits per heavy atom. The zero-order valence-electron chi connectivity index (χ0n) is 16.1. The molecule has 3 aliphatic rings. The third-order valence-electron chi connectivity index (χ3n) is 6.75. The van der Waals surface area contributed by atoms with Crippen LogP contribution in [0.4, 0.5) is 0 Å². The van der Waals surface area contributed by atoms with Gasteiger partial charge in [-0.15, -0.1) is 0 Å². The Bertz CT molecular complexity index is 709. The molecule has 2 saturated carbocycles. The standard InChI is InChI=1S/C21H30N2O3/c1-14-5-6-16(26-14)11-18(24)23-10-7-17(21(23)8-4-9-21)22-19(25)15-12-20(2,3)13-15/h5-6,15,17H,4,7-13H2,1-3H3,(H,22,25). The fourth-order valence-corrected chi connectivity index (χ4v) is 5.25. The first-order valence-corrected chi connectivity index (χ1v) is 9.95.